The van der Waals surface area contributed by atoms with Crippen LogP contribution in [-0.2, 0) is 4.79 Å². The van der Waals surface area contributed by atoms with E-state index in [1.54, 1.807) is 24.3 Å². The quantitative estimate of drug-likeness (QED) is 0.178. The van der Waals surface area contributed by atoms with Gasteiger partial charge in [-0.25, -0.2) is 4.79 Å². The molecule has 0 aromatic heterocycles. The smallest absolute Gasteiger partial charge is 0.335 e. The molecular formula is C31H33Cl2N3O4. The highest BCUT2D eigenvalue weighted by atomic mass is 35.5. The Labute approximate surface area is 244 Å². The Hall–Kier alpha value is -3.81. The largest absolute Gasteiger partial charge is 0.478 e. The van der Waals surface area contributed by atoms with E-state index in [9.17, 15) is 9.59 Å². The molecule has 1 amide bonds. The van der Waals surface area contributed by atoms with E-state index >= 15 is 0 Å². The van der Waals surface area contributed by atoms with Crippen LogP contribution in [0.15, 0.2) is 84.3 Å². The third kappa shape index (κ3) is 9.43. The minimum absolute atomic E-state index is 0.190. The number of hydrogen-bond donors (Lipinski definition) is 3. The Morgan fingerprint density at radius 2 is 1.93 bits per heavy atom. The van der Waals surface area contributed by atoms with Gasteiger partial charge in [0.05, 0.1) is 11.6 Å². The topological polar surface area (TPSA) is 103 Å². The number of amidine groups is 1. The predicted octanol–water partition coefficient (Wildman–Crippen LogP) is 7.49. The van der Waals surface area contributed by atoms with E-state index in [1.165, 1.54) is 19.1 Å². The summed E-state index contributed by atoms with van der Waals surface area (Å²) in [7, 11) is 0. The van der Waals surface area contributed by atoms with E-state index in [2.05, 4.69) is 12.2 Å². The van der Waals surface area contributed by atoms with Gasteiger partial charge in [-0.15, -0.1) is 0 Å². The number of unbranched alkanes of at least 4 members (excludes halogenated alkanes) is 1. The highest BCUT2D eigenvalue weighted by molar-refractivity contribution is 6.35. The number of hydrogen-bond acceptors (Lipinski definition) is 4. The van der Waals surface area contributed by atoms with E-state index in [0.29, 0.717) is 40.9 Å². The van der Waals surface area contributed by atoms with E-state index in [1.807, 2.05) is 47.5 Å². The number of nitrogens with zero attached hydrogens (tertiary/aromatic N) is 1. The zero-order valence-electron chi connectivity index (χ0n) is 22.5. The maximum atomic E-state index is 12.1. The van der Waals surface area contributed by atoms with Crippen molar-refractivity contribution < 1.29 is 19.4 Å². The summed E-state index contributed by atoms with van der Waals surface area (Å²) in [6.07, 6.45) is 14.1. The molecule has 0 spiro atoms. The van der Waals surface area contributed by atoms with Gasteiger partial charge >= 0.3 is 5.97 Å². The van der Waals surface area contributed by atoms with E-state index in [-0.39, 0.29) is 17.3 Å². The highest BCUT2D eigenvalue weighted by Crippen LogP contribution is 2.24. The lowest BCUT2D eigenvalue weighted by atomic mass is 10.0. The molecule has 0 fully saturated rings. The number of allylic oxidation sites excluding steroid dienone is 4. The maximum Gasteiger partial charge on any atom is 0.335 e. The lowest BCUT2D eigenvalue weighted by molar-refractivity contribution is -0.119. The number of amides is 1. The summed E-state index contributed by atoms with van der Waals surface area (Å²) in [6.45, 7) is 4.14. The third-order valence-electron chi connectivity index (χ3n) is 6.09. The van der Waals surface area contributed by atoms with Crippen molar-refractivity contribution in [1.82, 2.24) is 10.2 Å². The molecule has 1 unspecified atom stereocenters. The molecule has 210 valence electrons. The molecule has 0 saturated heterocycles. The number of aromatic carboxylic acids is 1. The number of ether oxygens (including phenoxy) is 1. The third-order valence-corrected chi connectivity index (χ3v) is 6.65. The fourth-order valence-electron chi connectivity index (χ4n) is 3.99. The number of carboxylic acid groups (broad SMARTS) is 1. The van der Waals surface area contributed by atoms with Crippen molar-refractivity contribution in [1.29, 1.82) is 5.41 Å². The fraction of sp³-hybridized carbons (Fsp3) is 0.258. The zero-order valence-corrected chi connectivity index (χ0v) is 24.0. The van der Waals surface area contributed by atoms with Gasteiger partial charge in [-0.3, -0.25) is 10.2 Å². The van der Waals surface area contributed by atoms with Gasteiger partial charge in [0.1, 0.15) is 17.3 Å². The molecule has 2 aromatic rings. The Morgan fingerprint density at radius 3 is 2.58 bits per heavy atom. The Bertz CT molecular complexity index is 1350. The predicted molar refractivity (Wildman–Crippen MR) is 161 cm³/mol. The van der Waals surface area contributed by atoms with Crippen LogP contribution in [0, 0.1) is 5.41 Å². The molecule has 0 saturated carbocycles. The Balaban J connectivity index is 1.78. The van der Waals surface area contributed by atoms with Gasteiger partial charge in [0.15, 0.2) is 0 Å². The van der Waals surface area contributed by atoms with Crippen LogP contribution in [0.5, 0.6) is 5.75 Å². The average molecular weight is 583 g/mol. The maximum absolute atomic E-state index is 12.1. The molecule has 0 heterocycles. The Morgan fingerprint density at radius 1 is 1.18 bits per heavy atom. The SMILES string of the molecule is CCCCN(/C=C/c1ccc(Cl)cc1Cl)C(=N)C(CC1=CC=C(Oc2ccc(C(=O)O)cc2)CC=C1)NC(C)=O. The zero-order chi connectivity index (χ0) is 29.1. The molecule has 40 heavy (non-hydrogen) atoms. The molecule has 1 aliphatic carbocycles. The van der Waals surface area contributed by atoms with Crippen LogP contribution in [0.25, 0.3) is 6.08 Å². The lowest BCUT2D eigenvalue weighted by Gasteiger charge is -2.28. The van der Waals surface area contributed by atoms with Gasteiger partial charge in [0, 0.05) is 36.1 Å². The first-order valence-electron chi connectivity index (χ1n) is 13.0. The van der Waals surface area contributed by atoms with Gasteiger partial charge in [0.2, 0.25) is 5.91 Å². The molecule has 0 radical (unpaired) electrons. The van der Waals surface area contributed by atoms with Crippen molar-refractivity contribution in [3.8, 4) is 5.75 Å². The molecule has 7 nitrogen and oxygen atoms in total. The molecule has 0 aliphatic heterocycles. The fourth-order valence-corrected chi connectivity index (χ4v) is 4.46. The number of carbonyl (C=O) groups excluding carboxylic acids is 1. The van der Waals surface area contributed by atoms with Crippen LogP contribution in [0.4, 0.5) is 0 Å². The highest BCUT2D eigenvalue weighted by Gasteiger charge is 2.21. The second kappa shape index (κ2) is 15.1. The number of carboxylic acids is 1. The van der Waals surface area contributed by atoms with Crippen LogP contribution in [0.2, 0.25) is 10.0 Å². The molecular weight excluding hydrogens is 549 g/mol. The van der Waals surface area contributed by atoms with Gasteiger partial charge in [-0.2, -0.15) is 0 Å². The first-order valence-corrected chi connectivity index (χ1v) is 13.7. The summed E-state index contributed by atoms with van der Waals surface area (Å²) in [5.41, 5.74) is 1.89. The van der Waals surface area contributed by atoms with Gasteiger partial charge < -0.3 is 20.1 Å². The molecule has 1 aliphatic rings. The molecule has 1 atom stereocenters. The number of rotatable bonds is 12. The van der Waals surface area contributed by atoms with Crippen LogP contribution in [0.1, 0.15) is 55.5 Å². The van der Waals surface area contributed by atoms with Gasteiger partial charge in [-0.05, 0) is 72.5 Å². The van der Waals surface area contributed by atoms with E-state index < -0.39 is 12.0 Å². The van der Waals surface area contributed by atoms with Crippen molar-refractivity contribution in [3.63, 3.8) is 0 Å². The molecule has 3 rings (SSSR count). The van der Waals surface area contributed by atoms with E-state index in [4.69, 9.17) is 38.5 Å². The number of halogens is 2. The molecule has 9 heteroatoms. The van der Waals surface area contributed by atoms with Crippen molar-refractivity contribution in [2.24, 2.45) is 0 Å². The standard InChI is InChI=1S/C31H33Cl2N3O4/c1-3-4-17-36(18-16-23-9-12-25(32)20-28(23)33)30(34)29(35-21(2)37)19-22-6-5-7-26(13-8-22)40-27-14-10-24(11-15-27)31(38)39/h5-6,8-16,18,20,29,34H,3-4,7,17,19H2,1-2H3,(H,35,37)(H,38,39)/b18-16+,34-30?. The van der Waals surface area contributed by atoms with Crippen molar-refractivity contribution in [3.05, 3.63) is 105 Å². The minimum Gasteiger partial charge on any atom is -0.478 e. The summed E-state index contributed by atoms with van der Waals surface area (Å²) in [5.74, 6) is 0.277. The molecule has 3 N–H and O–H groups in total. The summed E-state index contributed by atoms with van der Waals surface area (Å²) < 4.78 is 5.93. The second-order valence-electron chi connectivity index (χ2n) is 9.28. The number of benzene rings is 2. The van der Waals surface area contributed by atoms with Crippen LogP contribution in [-0.4, -0.2) is 40.3 Å². The van der Waals surface area contributed by atoms with Crippen LogP contribution >= 0.6 is 23.2 Å². The first-order chi connectivity index (χ1) is 19.2. The first kappa shape index (κ1) is 30.7. The van der Waals surface area contributed by atoms with Crippen LogP contribution in [0.3, 0.4) is 0 Å². The van der Waals surface area contributed by atoms with Crippen LogP contribution < -0.4 is 10.1 Å². The van der Waals surface area contributed by atoms with Crippen molar-refractivity contribution >= 4 is 47.0 Å². The summed E-state index contributed by atoms with van der Waals surface area (Å²) in [5, 5.41) is 22.1. The average Bonchev–Trinajstić information content (AvgIpc) is 3.13. The lowest BCUT2D eigenvalue weighted by Crippen LogP contribution is -2.46. The van der Waals surface area contributed by atoms with Gasteiger partial charge in [-0.1, -0.05) is 60.8 Å². The summed E-state index contributed by atoms with van der Waals surface area (Å²) in [6, 6.07) is 10.9. The number of nitrogens with one attached hydrogen (secondary N) is 2. The van der Waals surface area contributed by atoms with E-state index in [0.717, 1.165) is 24.0 Å². The van der Waals surface area contributed by atoms with Crippen molar-refractivity contribution in [2.45, 2.75) is 45.6 Å². The number of carbonyl (C=O) groups is 2. The minimum atomic E-state index is -0.993. The van der Waals surface area contributed by atoms with Crippen molar-refractivity contribution in [2.75, 3.05) is 6.54 Å². The molecule has 2 aromatic carbocycles. The molecule has 0 bridgehead atoms. The normalized spacial score (nSPS) is 13.7. The summed E-state index contributed by atoms with van der Waals surface area (Å²) in [4.78, 5) is 25.0. The van der Waals surface area contributed by atoms with Gasteiger partial charge in [0.25, 0.3) is 0 Å². The monoisotopic (exact) mass is 581 g/mol. The summed E-state index contributed by atoms with van der Waals surface area (Å²) >= 11 is 12.4. The Kier molecular flexibility index (Phi) is 11.6. The second-order valence-corrected chi connectivity index (χ2v) is 10.1.